The van der Waals surface area contributed by atoms with Crippen molar-refractivity contribution >= 4 is 23.5 Å². The number of hydrogen-bond acceptors (Lipinski definition) is 3. The van der Waals surface area contributed by atoms with Gasteiger partial charge in [-0.15, -0.1) is 0 Å². The molecule has 2 rings (SSSR count). The fourth-order valence-corrected chi connectivity index (χ4v) is 2.81. The first-order chi connectivity index (χ1) is 13.3. The average Bonchev–Trinajstić information content (AvgIpc) is 2.65. The van der Waals surface area contributed by atoms with Gasteiger partial charge in [-0.05, 0) is 35.6 Å². The zero-order valence-corrected chi connectivity index (χ0v) is 16.1. The predicted molar refractivity (Wildman–Crippen MR) is 108 cm³/mol. The van der Waals surface area contributed by atoms with E-state index in [1.54, 1.807) is 30.3 Å². The van der Waals surface area contributed by atoms with Crippen molar-refractivity contribution in [2.45, 2.75) is 39.2 Å². The maximum atomic E-state index is 12.9. The number of carboxylic acid groups (broad SMARTS) is 1. The van der Waals surface area contributed by atoms with Gasteiger partial charge >= 0.3 is 5.97 Å². The number of carboxylic acids is 1. The van der Waals surface area contributed by atoms with Crippen molar-refractivity contribution in [3.63, 3.8) is 0 Å². The summed E-state index contributed by atoms with van der Waals surface area (Å²) in [6.45, 7) is 3.89. The number of anilines is 1. The second kappa shape index (κ2) is 10.3. The highest BCUT2D eigenvalue weighted by atomic mass is 16.4. The standard InChI is InChI=1S/C22H26N2O4/c1-15(2)13-19(25)24-21(17-8-4-3-5-9-17)22(28)23-18-10-6-7-16(14-18)11-12-20(26)27/h3-10,14-15,21H,11-13H2,1-2H3,(H,23,28)(H,24,25)(H,26,27). The normalized spacial score (nSPS) is 11.7. The molecule has 0 aliphatic carbocycles. The van der Waals surface area contributed by atoms with E-state index in [1.807, 2.05) is 38.1 Å². The molecule has 6 heteroatoms. The van der Waals surface area contributed by atoms with Crippen LogP contribution >= 0.6 is 0 Å². The summed E-state index contributed by atoms with van der Waals surface area (Å²) in [6.07, 6.45) is 0.739. The van der Waals surface area contributed by atoms with E-state index >= 15 is 0 Å². The molecule has 0 aliphatic heterocycles. The number of nitrogens with one attached hydrogen (secondary N) is 2. The Bertz CT molecular complexity index is 818. The van der Waals surface area contributed by atoms with Gasteiger partial charge < -0.3 is 15.7 Å². The van der Waals surface area contributed by atoms with E-state index < -0.39 is 12.0 Å². The van der Waals surface area contributed by atoms with Gasteiger partial charge in [0.05, 0.1) is 0 Å². The third kappa shape index (κ3) is 6.87. The summed E-state index contributed by atoms with van der Waals surface area (Å²) in [5.74, 6) is -1.22. The van der Waals surface area contributed by atoms with Gasteiger partial charge in [0.1, 0.15) is 6.04 Å². The molecule has 2 amide bonds. The smallest absolute Gasteiger partial charge is 0.303 e. The third-order valence-corrected chi connectivity index (χ3v) is 4.12. The van der Waals surface area contributed by atoms with Crippen LogP contribution in [0.1, 0.15) is 43.9 Å². The van der Waals surface area contributed by atoms with Crippen LogP contribution in [0.25, 0.3) is 0 Å². The van der Waals surface area contributed by atoms with E-state index in [4.69, 9.17) is 5.11 Å². The van der Waals surface area contributed by atoms with Crippen LogP contribution in [0.3, 0.4) is 0 Å². The van der Waals surface area contributed by atoms with Gasteiger partial charge in [0.2, 0.25) is 5.91 Å². The Labute approximate surface area is 165 Å². The topological polar surface area (TPSA) is 95.5 Å². The first-order valence-electron chi connectivity index (χ1n) is 9.31. The molecule has 2 aromatic rings. The summed E-state index contributed by atoms with van der Waals surface area (Å²) in [7, 11) is 0. The lowest BCUT2D eigenvalue weighted by Crippen LogP contribution is -2.37. The lowest BCUT2D eigenvalue weighted by atomic mass is 10.0. The van der Waals surface area contributed by atoms with Gasteiger partial charge in [-0.2, -0.15) is 0 Å². The second-order valence-electron chi connectivity index (χ2n) is 7.09. The van der Waals surface area contributed by atoms with Crippen molar-refractivity contribution in [3.8, 4) is 0 Å². The van der Waals surface area contributed by atoms with Crippen LogP contribution in [0.2, 0.25) is 0 Å². The summed E-state index contributed by atoms with van der Waals surface area (Å²) in [5, 5.41) is 14.5. The van der Waals surface area contributed by atoms with E-state index in [-0.39, 0.29) is 24.2 Å². The van der Waals surface area contributed by atoms with Crippen LogP contribution in [0.15, 0.2) is 54.6 Å². The molecule has 0 saturated heterocycles. The summed E-state index contributed by atoms with van der Waals surface area (Å²) >= 11 is 0. The minimum atomic E-state index is -0.869. The summed E-state index contributed by atoms with van der Waals surface area (Å²) in [5.41, 5.74) is 2.08. The lowest BCUT2D eigenvalue weighted by Gasteiger charge is -2.20. The van der Waals surface area contributed by atoms with Crippen LogP contribution in [0.4, 0.5) is 5.69 Å². The van der Waals surface area contributed by atoms with Crippen LogP contribution in [-0.4, -0.2) is 22.9 Å². The monoisotopic (exact) mass is 382 g/mol. The summed E-state index contributed by atoms with van der Waals surface area (Å²) in [4.78, 5) is 35.9. The van der Waals surface area contributed by atoms with Gasteiger partial charge in [-0.25, -0.2) is 0 Å². The Balaban J connectivity index is 2.15. The van der Waals surface area contributed by atoms with Crippen molar-refractivity contribution in [3.05, 3.63) is 65.7 Å². The molecule has 148 valence electrons. The molecular weight excluding hydrogens is 356 g/mol. The van der Waals surface area contributed by atoms with Gasteiger partial charge in [0.15, 0.2) is 0 Å². The molecule has 2 aromatic carbocycles. The Morgan fingerprint density at radius 2 is 1.71 bits per heavy atom. The fraction of sp³-hybridized carbons (Fsp3) is 0.318. The molecule has 0 fully saturated rings. The molecule has 0 aromatic heterocycles. The second-order valence-corrected chi connectivity index (χ2v) is 7.09. The van der Waals surface area contributed by atoms with Crippen LogP contribution < -0.4 is 10.6 Å². The maximum absolute atomic E-state index is 12.9. The Kier molecular flexibility index (Phi) is 7.75. The Morgan fingerprint density at radius 3 is 2.36 bits per heavy atom. The number of hydrogen-bond donors (Lipinski definition) is 3. The van der Waals surface area contributed by atoms with E-state index in [2.05, 4.69) is 10.6 Å². The van der Waals surface area contributed by atoms with Gasteiger partial charge in [0.25, 0.3) is 5.91 Å². The summed E-state index contributed by atoms with van der Waals surface area (Å²) in [6, 6.07) is 15.3. The molecule has 0 bridgehead atoms. The number of amides is 2. The molecule has 1 unspecified atom stereocenters. The molecule has 0 spiro atoms. The van der Waals surface area contributed by atoms with Gasteiger partial charge in [0, 0.05) is 18.5 Å². The van der Waals surface area contributed by atoms with Crippen LogP contribution in [0, 0.1) is 5.92 Å². The highest BCUT2D eigenvalue weighted by Crippen LogP contribution is 2.18. The minimum absolute atomic E-state index is 0.0231. The quantitative estimate of drug-likeness (QED) is 0.618. The average molecular weight is 382 g/mol. The Hall–Kier alpha value is -3.15. The fourth-order valence-electron chi connectivity index (χ4n) is 2.81. The van der Waals surface area contributed by atoms with Crippen molar-refractivity contribution in [2.75, 3.05) is 5.32 Å². The zero-order valence-electron chi connectivity index (χ0n) is 16.1. The summed E-state index contributed by atoms with van der Waals surface area (Å²) < 4.78 is 0. The molecule has 0 radical (unpaired) electrons. The van der Waals surface area contributed by atoms with E-state index in [9.17, 15) is 14.4 Å². The third-order valence-electron chi connectivity index (χ3n) is 4.12. The molecule has 6 nitrogen and oxygen atoms in total. The van der Waals surface area contributed by atoms with Crippen molar-refractivity contribution in [2.24, 2.45) is 5.92 Å². The molecule has 1 atom stereocenters. The number of aliphatic carboxylic acids is 1. The number of carbonyl (C=O) groups is 3. The Morgan fingerprint density at radius 1 is 1.00 bits per heavy atom. The van der Waals surface area contributed by atoms with E-state index in [0.717, 1.165) is 5.56 Å². The molecule has 0 heterocycles. The zero-order chi connectivity index (χ0) is 20.5. The highest BCUT2D eigenvalue weighted by Gasteiger charge is 2.23. The first-order valence-corrected chi connectivity index (χ1v) is 9.31. The van der Waals surface area contributed by atoms with Crippen LogP contribution in [-0.2, 0) is 20.8 Å². The van der Waals surface area contributed by atoms with E-state index in [1.165, 1.54) is 0 Å². The van der Waals surface area contributed by atoms with Gasteiger partial charge in [-0.1, -0.05) is 56.3 Å². The van der Waals surface area contributed by atoms with E-state index in [0.29, 0.717) is 24.1 Å². The molecule has 0 aliphatic rings. The highest BCUT2D eigenvalue weighted by molar-refractivity contribution is 5.98. The largest absolute Gasteiger partial charge is 0.481 e. The number of aryl methyl sites for hydroxylation is 1. The number of benzene rings is 2. The molecular formula is C22H26N2O4. The number of rotatable bonds is 9. The predicted octanol–water partition coefficient (Wildman–Crippen LogP) is 3.55. The van der Waals surface area contributed by atoms with Crippen LogP contribution in [0.5, 0.6) is 0 Å². The van der Waals surface area contributed by atoms with Crippen molar-refractivity contribution in [1.29, 1.82) is 0 Å². The molecule has 28 heavy (non-hydrogen) atoms. The number of carbonyl (C=O) groups excluding carboxylic acids is 2. The molecule has 0 saturated carbocycles. The minimum Gasteiger partial charge on any atom is -0.481 e. The SMILES string of the molecule is CC(C)CC(=O)NC(C(=O)Nc1cccc(CCC(=O)O)c1)c1ccccc1. The molecule has 3 N–H and O–H groups in total. The maximum Gasteiger partial charge on any atom is 0.303 e. The van der Waals surface area contributed by atoms with Crippen molar-refractivity contribution in [1.82, 2.24) is 5.32 Å². The van der Waals surface area contributed by atoms with Crippen molar-refractivity contribution < 1.29 is 19.5 Å². The lowest BCUT2D eigenvalue weighted by molar-refractivity contribution is -0.137. The first kappa shape index (κ1) is 21.2. The van der Waals surface area contributed by atoms with Gasteiger partial charge in [-0.3, -0.25) is 14.4 Å².